The molecule has 4 aromatic carbocycles. The first-order chi connectivity index (χ1) is 28.7. The minimum atomic E-state index is -1.52. The van der Waals surface area contributed by atoms with Crippen LogP contribution in [-0.4, -0.2) is 76.4 Å². The SMILES string of the molecule is O=C(C(=O)N1CCC[C@@H]1c1ncc(-c2ccc(COCc3cccc(-c4cnc([C@@H]5CCCN5C(=O)C(=O)[C@H](O)c5ccccc5)[nH]4)c3)cc2)[nH]1)[C@@H](O)c1ccccc1. The van der Waals surface area contributed by atoms with Crippen LogP contribution < -0.4 is 0 Å². The number of aliphatic hydroxyl groups is 2. The molecule has 4 atom stereocenters. The number of ketones is 2. The summed E-state index contributed by atoms with van der Waals surface area (Å²) in [6.07, 6.45) is 3.16. The van der Waals surface area contributed by atoms with E-state index in [-0.39, 0.29) is 0 Å². The number of H-pyrrole nitrogens is 2. The Balaban J connectivity index is 0.846. The zero-order valence-corrected chi connectivity index (χ0v) is 32.2. The number of nitrogens with one attached hydrogen (secondary N) is 2. The van der Waals surface area contributed by atoms with E-state index in [0.29, 0.717) is 61.9 Å². The van der Waals surface area contributed by atoms with Crippen LogP contribution in [0.4, 0.5) is 0 Å². The normalized spacial score (nSPS) is 17.5. The molecule has 0 aliphatic carbocycles. The molecule has 2 aliphatic heterocycles. The fraction of sp³-hybridized carbons (Fsp3) is 0.261. The van der Waals surface area contributed by atoms with Gasteiger partial charge in [-0.2, -0.15) is 0 Å². The van der Waals surface area contributed by atoms with Gasteiger partial charge in [0.05, 0.1) is 49.1 Å². The number of aromatic amines is 2. The molecule has 0 bridgehead atoms. The number of aromatic nitrogens is 4. The van der Waals surface area contributed by atoms with Gasteiger partial charge >= 0.3 is 0 Å². The van der Waals surface area contributed by atoms with Gasteiger partial charge < -0.3 is 34.7 Å². The third kappa shape index (κ3) is 8.53. The fourth-order valence-electron chi connectivity index (χ4n) is 7.88. The van der Waals surface area contributed by atoms with E-state index in [1.807, 2.05) is 48.5 Å². The van der Waals surface area contributed by atoms with Crippen LogP contribution >= 0.6 is 0 Å². The molecule has 0 unspecified atom stereocenters. The minimum Gasteiger partial charge on any atom is -0.380 e. The molecular weight excluding hydrogens is 749 g/mol. The molecule has 13 heteroatoms. The summed E-state index contributed by atoms with van der Waals surface area (Å²) in [6.45, 7) is 1.57. The Hall–Kier alpha value is -6.54. The number of amides is 2. The van der Waals surface area contributed by atoms with E-state index in [2.05, 4.69) is 19.9 Å². The van der Waals surface area contributed by atoms with E-state index in [0.717, 1.165) is 46.5 Å². The Labute approximate surface area is 340 Å². The number of aliphatic hydroxyl groups excluding tert-OH is 2. The number of likely N-dealkylation sites (tertiary alicyclic amines) is 2. The van der Waals surface area contributed by atoms with Crippen molar-refractivity contribution < 1.29 is 34.1 Å². The second-order valence-electron chi connectivity index (χ2n) is 14.9. The van der Waals surface area contributed by atoms with Gasteiger partial charge in [-0.3, -0.25) is 19.2 Å². The Morgan fingerprint density at radius 2 is 1.10 bits per heavy atom. The maximum Gasteiger partial charge on any atom is 0.293 e. The Bertz CT molecular complexity index is 2430. The van der Waals surface area contributed by atoms with Crippen molar-refractivity contribution in [1.29, 1.82) is 0 Å². The maximum absolute atomic E-state index is 13.2. The van der Waals surface area contributed by atoms with Gasteiger partial charge in [-0.05, 0) is 65.1 Å². The summed E-state index contributed by atoms with van der Waals surface area (Å²) in [5.41, 5.74) is 6.08. The maximum atomic E-state index is 13.2. The first-order valence-electron chi connectivity index (χ1n) is 19.8. The average molecular weight is 793 g/mol. The fourth-order valence-corrected chi connectivity index (χ4v) is 7.88. The molecule has 0 spiro atoms. The van der Waals surface area contributed by atoms with Crippen molar-refractivity contribution in [2.75, 3.05) is 13.1 Å². The monoisotopic (exact) mass is 792 g/mol. The van der Waals surface area contributed by atoms with Crippen molar-refractivity contribution in [3.8, 4) is 22.5 Å². The van der Waals surface area contributed by atoms with Crippen LogP contribution in [0.5, 0.6) is 0 Å². The first-order valence-corrected chi connectivity index (χ1v) is 19.8. The van der Waals surface area contributed by atoms with Crippen LogP contribution in [0.2, 0.25) is 0 Å². The Kier molecular flexibility index (Phi) is 11.7. The zero-order chi connectivity index (χ0) is 40.9. The van der Waals surface area contributed by atoms with Crippen molar-refractivity contribution in [3.63, 3.8) is 0 Å². The third-order valence-corrected chi connectivity index (χ3v) is 11.0. The van der Waals surface area contributed by atoms with Gasteiger partial charge in [0.15, 0.2) is 0 Å². The van der Waals surface area contributed by atoms with Gasteiger partial charge in [0.2, 0.25) is 0 Å². The van der Waals surface area contributed by atoms with Crippen molar-refractivity contribution in [2.24, 2.45) is 0 Å². The van der Waals surface area contributed by atoms with Crippen LogP contribution in [0, 0.1) is 0 Å². The van der Waals surface area contributed by atoms with E-state index in [1.165, 1.54) is 9.80 Å². The molecule has 2 aromatic heterocycles. The minimum absolute atomic E-state index is 0.374. The molecule has 0 saturated carbocycles. The van der Waals surface area contributed by atoms with Gasteiger partial charge in [0.25, 0.3) is 23.4 Å². The van der Waals surface area contributed by atoms with Crippen molar-refractivity contribution in [1.82, 2.24) is 29.7 Å². The van der Waals surface area contributed by atoms with Gasteiger partial charge in [-0.15, -0.1) is 0 Å². The number of rotatable bonds is 14. The second kappa shape index (κ2) is 17.5. The van der Waals surface area contributed by atoms with E-state index >= 15 is 0 Å². The highest BCUT2D eigenvalue weighted by molar-refractivity contribution is 6.38. The van der Waals surface area contributed by atoms with Gasteiger partial charge in [0, 0.05) is 13.1 Å². The van der Waals surface area contributed by atoms with Crippen LogP contribution in [0.25, 0.3) is 22.5 Å². The number of carbonyl (C=O) groups is 4. The van der Waals surface area contributed by atoms with E-state index in [9.17, 15) is 29.4 Å². The number of hydrogen-bond acceptors (Lipinski definition) is 9. The summed E-state index contributed by atoms with van der Waals surface area (Å²) in [5.74, 6) is -1.96. The Morgan fingerprint density at radius 1 is 0.610 bits per heavy atom. The van der Waals surface area contributed by atoms with Crippen molar-refractivity contribution in [2.45, 2.75) is 63.2 Å². The number of Topliss-reactive ketones (excluding diaryl/α,β-unsaturated/α-hetero) is 2. The van der Waals surface area contributed by atoms with Crippen molar-refractivity contribution >= 4 is 23.4 Å². The number of imidazole rings is 2. The molecule has 0 radical (unpaired) electrons. The van der Waals surface area contributed by atoms with Crippen LogP contribution in [-0.2, 0) is 37.1 Å². The molecule has 300 valence electrons. The predicted octanol–water partition coefficient (Wildman–Crippen LogP) is 6.12. The number of carbonyl (C=O) groups excluding carboxylic acids is 4. The summed E-state index contributed by atoms with van der Waals surface area (Å²) in [4.78, 5) is 71.1. The predicted molar refractivity (Wildman–Crippen MR) is 217 cm³/mol. The van der Waals surface area contributed by atoms with E-state index < -0.39 is 47.7 Å². The topological polar surface area (TPSA) is 182 Å². The lowest BCUT2D eigenvalue weighted by Crippen LogP contribution is -2.38. The largest absolute Gasteiger partial charge is 0.380 e. The molecule has 2 amide bonds. The van der Waals surface area contributed by atoms with Crippen molar-refractivity contribution in [3.05, 3.63) is 155 Å². The second-order valence-corrected chi connectivity index (χ2v) is 14.9. The quantitative estimate of drug-likeness (QED) is 0.0946. The molecular formula is C46H44N6O7. The lowest BCUT2D eigenvalue weighted by atomic mass is 10.0. The number of benzene rings is 4. The summed E-state index contributed by atoms with van der Waals surface area (Å²) in [7, 11) is 0. The van der Waals surface area contributed by atoms with Crippen LogP contribution in [0.3, 0.4) is 0 Å². The lowest BCUT2D eigenvalue weighted by Gasteiger charge is -2.23. The standard InChI is InChI=1S/C46H44N6O7/c53-39(32-11-3-1-4-12-32)41(55)45(57)51-22-8-16-37(51)43-47-25-35(49-43)31-20-18-29(19-21-31)27-59-28-30-10-7-15-34(24-30)36-26-48-44(50-36)38-17-9-23-52(38)46(58)42(56)40(54)33-13-5-2-6-14-33/h1-7,10-15,18-21,24-26,37-40,53-54H,8-9,16-17,22-23,27-28H2,(H,47,49)(H,48,50)/t37-,38+,39+,40-/m1/s1. The summed E-state index contributed by atoms with van der Waals surface area (Å²) in [6, 6.07) is 32.0. The number of nitrogens with zero attached hydrogens (tertiary/aromatic N) is 4. The highest BCUT2D eigenvalue weighted by atomic mass is 16.5. The summed E-state index contributed by atoms with van der Waals surface area (Å²) < 4.78 is 6.09. The highest BCUT2D eigenvalue weighted by Crippen LogP contribution is 2.34. The zero-order valence-electron chi connectivity index (χ0n) is 32.2. The number of hydrogen-bond donors (Lipinski definition) is 4. The van der Waals surface area contributed by atoms with Gasteiger partial charge in [0.1, 0.15) is 23.9 Å². The van der Waals surface area contributed by atoms with E-state index in [4.69, 9.17) is 4.74 Å². The third-order valence-electron chi connectivity index (χ3n) is 11.0. The molecule has 4 N–H and O–H groups in total. The number of ether oxygens (including phenoxy) is 1. The molecule has 2 saturated heterocycles. The molecule has 6 aromatic rings. The van der Waals surface area contributed by atoms with Gasteiger partial charge in [-0.25, -0.2) is 9.97 Å². The highest BCUT2D eigenvalue weighted by Gasteiger charge is 2.39. The molecule has 4 heterocycles. The van der Waals surface area contributed by atoms with Gasteiger partial charge in [-0.1, -0.05) is 103 Å². The van der Waals surface area contributed by atoms with E-state index in [1.54, 1.807) is 73.1 Å². The molecule has 2 fully saturated rings. The molecule has 8 rings (SSSR count). The molecule has 59 heavy (non-hydrogen) atoms. The smallest absolute Gasteiger partial charge is 0.293 e. The average Bonchev–Trinajstić information content (AvgIpc) is 4.13. The summed E-state index contributed by atoms with van der Waals surface area (Å²) >= 11 is 0. The Morgan fingerprint density at radius 3 is 1.63 bits per heavy atom. The molecule has 13 nitrogen and oxygen atoms in total. The first kappa shape index (κ1) is 39.3. The van der Waals surface area contributed by atoms with Crippen LogP contribution in [0.15, 0.2) is 122 Å². The lowest BCUT2D eigenvalue weighted by molar-refractivity contribution is -0.150. The summed E-state index contributed by atoms with van der Waals surface area (Å²) in [5, 5.41) is 21.1. The van der Waals surface area contributed by atoms with Crippen LogP contribution in [0.1, 0.15) is 83.9 Å². The molecule has 2 aliphatic rings.